The molecule has 2 nitrogen and oxygen atoms in total. The molecule has 34 heavy (non-hydrogen) atoms. The highest BCUT2D eigenvalue weighted by Gasteiger charge is 2.40. The fourth-order valence-corrected chi connectivity index (χ4v) is 4.88. The number of halogens is 2. The van der Waals surface area contributed by atoms with E-state index in [0.717, 1.165) is 49.8 Å². The van der Waals surface area contributed by atoms with Crippen LogP contribution in [0.3, 0.4) is 0 Å². The molecular weight excluding hydrogens is 428 g/mol. The van der Waals surface area contributed by atoms with Crippen molar-refractivity contribution in [2.45, 2.75) is 77.2 Å². The van der Waals surface area contributed by atoms with E-state index in [1.54, 1.807) is 0 Å². The Morgan fingerprint density at radius 1 is 1.03 bits per heavy atom. The molecule has 3 rings (SSSR count). The second-order valence-electron chi connectivity index (χ2n) is 10.0. The molecule has 0 spiro atoms. The normalized spacial score (nSPS) is 19.6. The zero-order valence-electron chi connectivity index (χ0n) is 21.4. The van der Waals surface area contributed by atoms with E-state index in [1.807, 2.05) is 6.79 Å². The molecule has 0 radical (unpaired) electrons. The van der Waals surface area contributed by atoms with Crippen LogP contribution >= 0.6 is 0 Å². The maximum Gasteiger partial charge on any atom is 0.127 e. The zero-order chi connectivity index (χ0) is 25.9. The lowest BCUT2D eigenvalue weighted by Gasteiger charge is -2.42. The molecule has 186 valence electrons. The van der Waals surface area contributed by atoms with Gasteiger partial charge in [-0.2, -0.15) is 0 Å². The predicted molar refractivity (Wildman–Crippen MR) is 140 cm³/mol. The van der Waals surface area contributed by atoms with Crippen molar-refractivity contribution in [3.63, 3.8) is 0 Å². The Balaban J connectivity index is 0.00000137. The van der Waals surface area contributed by atoms with Gasteiger partial charge in [0.15, 0.2) is 0 Å². The average Bonchev–Trinajstić information content (AvgIpc) is 2.82. The van der Waals surface area contributed by atoms with Gasteiger partial charge in [-0.3, -0.25) is 0 Å². The molecule has 1 aliphatic carbocycles. The summed E-state index contributed by atoms with van der Waals surface area (Å²) in [5.74, 6) is -0.0959. The second-order valence-corrected chi connectivity index (χ2v) is 10.0. The Hall–Kier alpha value is -2.75. The first-order valence-electron chi connectivity index (χ1n) is 11.9. The van der Waals surface area contributed by atoms with Crippen LogP contribution in [0.1, 0.15) is 76.0 Å². The molecule has 1 N–H and O–H groups in total. The minimum Gasteiger partial charge on any atom is -0.384 e. The number of allylic oxidation sites excluding steroid dienone is 1. The van der Waals surface area contributed by atoms with Crippen molar-refractivity contribution >= 4 is 6.79 Å². The Kier molecular flexibility index (Phi) is 11.4. The molecule has 0 bridgehead atoms. The fourth-order valence-electron chi connectivity index (χ4n) is 4.88. The molecule has 0 saturated heterocycles. The van der Waals surface area contributed by atoms with Crippen LogP contribution in [-0.4, -0.2) is 12.3 Å². The average molecular weight is 470 g/mol. The van der Waals surface area contributed by atoms with E-state index in [4.69, 9.17) is 4.79 Å². The van der Waals surface area contributed by atoms with E-state index in [1.165, 1.54) is 23.8 Å². The SMILES string of the molecule is C=C.C=C(CCC1CCC(c2ccc(C)cc2)(c2cc(F)ccc2F)CC1)NC(C)(C)C.C=O. The Bertz CT molecular complexity index is 904. The predicted octanol–water partition coefficient (Wildman–Crippen LogP) is 8.05. The van der Waals surface area contributed by atoms with E-state index < -0.39 is 5.41 Å². The van der Waals surface area contributed by atoms with E-state index in [9.17, 15) is 8.78 Å². The van der Waals surface area contributed by atoms with Crippen molar-refractivity contribution < 1.29 is 13.6 Å². The highest BCUT2D eigenvalue weighted by Crippen LogP contribution is 2.48. The minimum absolute atomic E-state index is 0.0269. The highest BCUT2D eigenvalue weighted by atomic mass is 19.1. The molecule has 0 aliphatic heterocycles. The fraction of sp³-hybridized carbons (Fsp3) is 0.433. The molecule has 0 aromatic heterocycles. The van der Waals surface area contributed by atoms with Crippen molar-refractivity contribution in [1.82, 2.24) is 5.32 Å². The summed E-state index contributed by atoms with van der Waals surface area (Å²) < 4.78 is 29.0. The van der Waals surface area contributed by atoms with E-state index >= 15 is 0 Å². The summed E-state index contributed by atoms with van der Waals surface area (Å²) >= 11 is 0. The van der Waals surface area contributed by atoms with Crippen LogP contribution in [0.25, 0.3) is 0 Å². The summed E-state index contributed by atoms with van der Waals surface area (Å²) in [7, 11) is 0. The summed E-state index contributed by atoms with van der Waals surface area (Å²) in [5.41, 5.74) is 3.41. The first-order valence-corrected chi connectivity index (χ1v) is 11.9. The summed E-state index contributed by atoms with van der Waals surface area (Å²) in [4.78, 5) is 8.00. The summed E-state index contributed by atoms with van der Waals surface area (Å²) in [6.45, 7) is 20.6. The van der Waals surface area contributed by atoms with Crippen LogP contribution in [0, 0.1) is 24.5 Å². The molecular formula is C30H41F2NO. The van der Waals surface area contributed by atoms with Crippen LogP contribution < -0.4 is 5.32 Å². The summed E-state index contributed by atoms with van der Waals surface area (Å²) in [6, 6.07) is 12.2. The third-order valence-corrected chi connectivity index (χ3v) is 6.41. The molecule has 2 aromatic carbocycles. The van der Waals surface area contributed by atoms with Gasteiger partial charge in [0.05, 0.1) is 0 Å². The monoisotopic (exact) mass is 469 g/mol. The zero-order valence-corrected chi connectivity index (χ0v) is 21.4. The van der Waals surface area contributed by atoms with Gasteiger partial charge < -0.3 is 10.1 Å². The Morgan fingerprint density at radius 2 is 1.59 bits per heavy atom. The number of rotatable bonds is 6. The smallest absolute Gasteiger partial charge is 0.127 e. The van der Waals surface area contributed by atoms with Crippen LogP contribution in [0.4, 0.5) is 8.78 Å². The van der Waals surface area contributed by atoms with Gasteiger partial charge in [-0.05, 0) is 95.9 Å². The van der Waals surface area contributed by atoms with Crippen molar-refractivity contribution in [1.29, 1.82) is 0 Å². The van der Waals surface area contributed by atoms with Crippen LogP contribution in [0.2, 0.25) is 0 Å². The number of hydrogen-bond acceptors (Lipinski definition) is 2. The molecule has 2 aromatic rings. The standard InChI is InChI=1S/C27H35F2N.C2H4.CH2O/c1-19-6-10-22(11-7-19)27(24-18-23(28)12-13-25(24)29)16-14-21(15-17-27)9-8-20(2)30-26(3,4)5;2*1-2/h6-7,10-13,18,21,30H,2,8-9,14-17H2,1,3-5H3;1-2H2;1H2. The molecule has 1 fully saturated rings. The number of aryl methyl sites for hydroxylation is 1. The summed E-state index contributed by atoms with van der Waals surface area (Å²) in [6.07, 6.45) is 5.71. The van der Waals surface area contributed by atoms with Crippen LogP contribution in [0.5, 0.6) is 0 Å². The van der Waals surface area contributed by atoms with Crippen molar-refractivity contribution in [2.24, 2.45) is 5.92 Å². The Labute approximate surface area is 205 Å². The molecule has 0 unspecified atom stereocenters. The van der Waals surface area contributed by atoms with Crippen LogP contribution in [0.15, 0.2) is 67.9 Å². The topological polar surface area (TPSA) is 29.1 Å². The van der Waals surface area contributed by atoms with Crippen molar-refractivity contribution in [3.05, 3.63) is 96.2 Å². The number of carbonyl (C=O) groups is 1. The van der Waals surface area contributed by atoms with Gasteiger partial charge in [0, 0.05) is 22.2 Å². The number of nitrogens with one attached hydrogen (secondary N) is 1. The molecule has 0 atom stereocenters. The molecule has 1 saturated carbocycles. The van der Waals surface area contributed by atoms with Gasteiger partial charge in [0.2, 0.25) is 0 Å². The first kappa shape index (κ1) is 29.3. The number of benzene rings is 2. The third-order valence-electron chi connectivity index (χ3n) is 6.41. The van der Waals surface area contributed by atoms with Gasteiger partial charge in [0.25, 0.3) is 0 Å². The summed E-state index contributed by atoms with van der Waals surface area (Å²) in [5, 5.41) is 3.46. The maximum atomic E-state index is 14.9. The molecule has 0 amide bonds. The number of hydrogen-bond donors (Lipinski definition) is 1. The largest absolute Gasteiger partial charge is 0.384 e. The lowest BCUT2D eigenvalue weighted by Crippen LogP contribution is -2.35. The lowest BCUT2D eigenvalue weighted by molar-refractivity contribution is -0.0980. The maximum absolute atomic E-state index is 14.9. The van der Waals surface area contributed by atoms with E-state index in [0.29, 0.717) is 11.5 Å². The third kappa shape index (κ3) is 7.93. The van der Waals surface area contributed by atoms with Gasteiger partial charge >= 0.3 is 0 Å². The lowest BCUT2D eigenvalue weighted by atomic mass is 9.62. The van der Waals surface area contributed by atoms with Gasteiger partial charge in [-0.15, -0.1) is 13.2 Å². The minimum atomic E-state index is -0.461. The van der Waals surface area contributed by atoms with E-state index in [2.05, 4.69) is 77.0 Å². The molecule has 4 heteroatoms. The van der Waals surface area contributed by atoms with Gasteiger partial charge in [-0.25, -0.2) is 8.78 Å². The van der Waals surface area contributed by atoms with Gasteiger partial charge in [0.1, 0.15) is 18.4 Å². The molecule has 0 heterocycles. The van der Waals surface area contributed by atoms with Gasteiger partial charge in [-0.1, -0.05) is 36.4 Å². The Morgan fingerprint density at radius 3 is 2.12 bits per heavy atom. The van der Waals surface area contributed by atoms with E-state index in [-0.39, 0.29) is 17.2 Å². The highest BCUT2D eigenvalue weighted by molar-refractivity contribution is 5.42. The molecule has 1 aliphatic rings. The quantitative estimate of drug-likeness (QED) is 0.434. The first-order chi connectivity index (χ1) is 16.1. The van der Waals surface area contributed by atoms with Crippen molar-refractivity contribution in [2.75, 3.05) is 0 Å². The van der Waals surface area contributed by atoms with Crippen molar-refractivity contribution in [3.8, 4) is 0 Å². The number of carbonyl (C=O) groups excluding carboxylic acids is 1. The van der Waals surface area contributed by atoms with Crippen LogP contribution in [-0.2, 0) is 10.2 Å². The second kappa shape index (κ2) is 13.2.